The molecule has 16 heavy (non-hydrogen) atoms. The number of aliphatic hydroxyl groups is 2. The molecule has 4 heteroatoms. The highest BCUT2D eigenvalue weighted by atomic mass is 16.7. The minimum atomic E-state index is -0.445. The van der Waals surface area contributed by atoms with Gasteiger partial charge in [0.2, 0.25) is 0 Å². The van der Waals surface area contributed by atoms with Crippen LogP contribution in [0.2, 0.25) is 0 Å². The van der Waals surface area contributed by atoms with Crippen molar-refractivity contribution < 1.29 is 19.7 Å². The van der Waals surface area contributed by atoms with Gasteiger partial charge in [0.15, 0.2) is 6.29 Å². The Hall–Kier alpha value is -0.680. The van der Waals surface area contributed by atoms with Gasteiger partial charge in [-0.05, 0) is 6.42 Å². The number of hydrogen-bond acceptors (Lipinski definition) is 4. The lowest BCUT2D eigenvalue weighted by Gasteiger charge is -2.33. The Morgan fingerprint density at radius 3 is 2.88 bits per heavy atom. The van der Waals surface area contributed by atoms with Crippen LogP contribution in [-0.4, -0.2) is 41.4 Å². The molecule has 2 aliphatic rings. The lowest BCUT2D eigenvalue weighted by atomic mass is 10.1. The highest BCUT2D eigenvalue weighted by Gasteiger charge is 2.29. The normalized spacial score (nSPS) is 38.9. The predicted octanol–water partition coefficient (Wildman–Crippen LogP) is 0.746. The fraction of sp³-hybridized carbons (Fsp3) is 0.667. The first kappa shape index (κ1) is 11.8. The van der Waals surface area contributed by atoms with E-state index in [-0.39, 0.29) is 18.8 Å². The van der Waals surface area contributed by atoms with Crippen LogP contribution in [0, 0.1) is 0 Å². The molecule has 1 aliphatic heterocycles. The van der Waals surface area contributed by atoms with E-state index in [1.54, 1.807) is 0 Å². The van der Waals surface area contributed by atoms with E-state index >= 15 is 0 Å². The number of allylic oxidation sites excluding steroid dienone is 2. The summed E-state index contributed by atoms with van der Waals surface area (Å²) in [7, 11) is 0. The van der Waals surface area contributed by atoms with E-state index < -0.39 is 12.4 Å². The van der Waals surface area contributed by atoms with Gasteiger partial charge in [-0.25, -0.2) is 0 Å². The number of hydrogen-bond donors (Lipinski definition) is 2. The molecule has 4 nitrogen and oxygen atoms in total. The van der Waals surface area contributed by atoms with Crippen LogP contribution >= 0.6 is 0 Å². The van der Waals surface area contributed by atoms with Crippen LogP contribution in [0.1, 0.15) is 19.3 Å². The Balaban J connectivity index is 1.84. The fourth-order valence-corrected chi connectivity index (χ4v) is 2.01. The second-order valence-electron chi connectivity index (χ2n) is 4.22. The molecule has 1 aliphatic carbocycles. The van der Waals surface area contributed by atoms with E-state index in [0.29, 0.717) is 12.8 Å². The van der Waals surface area contributed by atoms with Crippen molar-refractivity contribution in [2.45, 2.75) is 43.9 Å². The summed E-state index contributed by atoms with van der Waals surface area (Å²) in [5, 5.41) is 18.6. The van der Waals surface area contributed by atoms with E-state index in [4.69, 9.17) is 14.6 Å². The zero-order valence-corrected chi connectivity index (χ0v) is 9.16. The summed E-state index contributed by atoms with van der Waals surface area (Å²) in [5.74, 6) is 0. The molecule has 2 rings (SSSR count). The van der Waals surface area contributed by atoms with Crippen molar-refractivity contribution in [1.82, 2.24) is 0 Å². The third-order valence-electron chi connectivity index (χ3n) is 2.82. The molecule has 0 aromatic carbocycles. The van der Waals surface area contributed by atoms with E-state index in [1.807, 2.05) is 24.3 Å². The first-order valence-electron chi connectivity index (χ1n) is 5.71. The number of rotatable bonds is 3. The largest absolute Gasteiger partial charge is 0.394 e. The highest BCUT2D eigenvalue weighted by Crippen LogP contribution is 2.23. The Morgan fingerprint density at radius 1 is 1.31 bits per heavy atom. The second kappa shape index (κ2) is 5.59. The van der Waals surface area contributed by atoms with Crippen molar-refractivity contribution in [3.8, 4) is 0 Å². The van der Waals surface area contributed by atoms with Gasteiger partial charge in [0, 0.05) is 12.8 Å². The molecule has 0 unspecified atom stereocenters. The van der Waals surface area contributed by atoms with Crippen molar-refractivity contribution >= 4 is 0 Å². The molecule has 0 saturated carbocycles. The van der Waals surface area contributed by atoms with Gasteiger partial charge < -0.3 is 19.7 Å². The van der Waals surface area contributed by atoms with Crippen molar-refractivity contribution in [3.63, 3.8) is 0 Å². The molecule has 4 atom stereocenters. The summed E-state index contributed by atoms with van der Waals surface area (Å²) in [6.45, 7) is -0.0721. The van der Waals surface area contributed by atoms with Crippen molar-refractivity contribution in [1.29, 1.82) is 0 Å². The lowest BCUT2D eigenvalue weighted by Crippen LogP contribution is -2.40. The van der Waals surface area contributed by atoms with Gasteiger partial charge >= 0.3 is 0 Å². The highest BCUT2D eigenvalue weighted by molar-refractivity contribution is 5.11. The van der Waals surface area contributed by atoms with Gasteiger partial charge in [-0.3, -0.25) is 0 Å². The summed E-state index contributed by atoms with van der Waals surface area (Å²) in [6.07, 6.45) is 8.56. The molecule has 0 spiro atoms. The monoisotopic (exact) mass is 226 g/mol. The number of aliphatic hydroxyl groups excluding tert-OH is 2. The third-order valence-corrected chi connectivity index (χ3v) is 2.82. The van der Waals surface area contributed by atoms with Crippen LogP contribution in [0.4, 0.5) is 0 Å². The van der Waals surface area contributed by atoms with Crippen molar-refractivity contribution in [2.24, 2.45) is 0 Å². The Bertz CT molecular complexity index is 274. The molecule has 0 aromatic rings. The molecular weight excluding hydrogens is 208 g/mol. The summed E-state index contributed by atoms with van der Waals surface area (Å²) in [6, 6.07) is 0. The maximum atomic E-state index is 9.61. The Kier molecular flexibility index (Phi) is 4.12. The zero-order chi connectivity index (χ0) is 11.4. The van der Waals surface area contributed by atoms with E-state index in [2.05, 4.69) is 0 Å². The maximum Gasteiger partial charge on any atom is 0.161 e. The predicted molar refractivity (Wildman–Crippen MR) is 58.8 cm³/mol. The lowest BCUT2D eigenvalue weighted by molar-refractivity contribution is -0.231. The Labute approximate surface area is 95.2 Å². The van der Waals surface area contributed by atoms with Gasteiger partial charge in [0.1, 0.15) is 0 Å². The minimum absolute atomic E-state index is 0.0136. The van der Waals surface area contributed by atoms with Crippen molar-refractivity contribution in [2.75, 3.05) is 6.61 Å². The molecule has 0 aromatic heterocycles. The molecule has 90 valence electrons. The molecular formula is C12H18O4. The topological polar surface area (TPSA) is 58.9 Å². The zero-order valence-electron chi connectivity index (χ0n) is 9.16. The number of ether oxygens (including phenoxy) is 2. The molecule has 0 radical (unpaired) electrons. The van der Waals surface area contributed by atoms with Crippen molar-refractivity contribution in [3.05, 3.63) is 24.3 Å². The summed E-state index contributed by atoms with van der Waals surface area (Å²) >= 11 is 0. The second-order valence-corrected chi connectivity index (χ2v) is 4.22. The van der Waals surface area contributed by atoms with Crippen LogP contribution in [-0.2, 0) is 9.47 Å². The summed E-state index contributed by atoms with van der Waals surface area (Å²) < 4.78 is 11.2. The first-order valence-corrected chi connectivity index (χ1v) is 5.71. The molecule has 0 bridgehead atoms. The van der Waals surface area contributed by atoms with Crippen LogP contribution in [0.25, 0.3) is 0 Å². The van der Waals surface area contributed by atoms with E-state index in [0.717, 1.165) is 6.42 Å². The summed E-state index contributed by atoms with van der Waals surface area (Å²) in [4.78, 5) is 0. The first-order chi connectivity index (χ1) is 7.78. The molecule has 1 heterocycles. The van der Waals surface area contributed by atoms with Crippen LogP contribution in [0.5, 0.6) is 0 Å². The average Bonchev–Trinajstić information content (AvgIpc) is 2.29. The van der Waals surface area contributed by atoms with Crippen LogP contribution in [0.3, 0.4) is 0 Å². The summed E-state index contributed by atoms with van der Waals surface area (Å²) in [5.41, 5.74) is 0. The standard InChI is InChI=1S/C12H18O4/c13-8-11-6-9(14)7-12(16-11)15-10-4-2-1-3-5-10/h1-4,9-14H,5-8H2/t9-,10-,11-,12+/m0/s1. The molecule has 1 saturated heterocycles. The van der Waals surface area contributed by atoms with Gasteiger partial charge in [-0.1, -0.05) is 24.3 Å². The third kappa shape index (κ3) is 3.15. The van der Waals surface area contributed by atoms with Gasteiger partial charge in [-0.2, -0.15) is 0 Å². The van der Waals surface area contributed by atoms with E-state index in [9.17, 15) is 5.11 Å². The molecule has 2 N–H and O–H groups in total. The van der Waals surface area contributed by atoms with Gasteiger partial charge in [0.25, 0.3) is 0 Å². The van der Waals surface area contributed by atoms with Crippen LogP contribution < -0.4 is 0 Å². The fourth-order valence-electron chi connectivity index (χ4n) is 2.01. The van der Waals surface area contributed by atoms with Crippen LogP contribution in [0.15, 0.2) is 24.3 Å². The smallest absolute Gasteiger partial charge is 0.161 e. The van der Waals surface area contributed by atoms with Gasteiger partial charge in [0.05, 0.1) is 24.9 Å². The quantitative estimate of drug-likeness (QED) is 0.745. The van der Waals surface area contributed by atoms with E-state index in [1.165, 1.54) is 0 Å². The SMILES string of the molecule is OC[C@@H]1C[C@H](O)C[C@H](O[C@H]2C=CC=CC2)O1. The molecule has 0 amide bonds. The maximum absolute atomic E-state index is 9.61. The Morgan fingerprint density at radius 2 is 2.19 bits per heavy atom. The van der Waals surface area contributed by atoms with Gasteiger partial charge in [-0.15, -0.1) is 0 Å². The minimum Gasteiger partial charge on any atom is -0.394 e. The molecule has 1 fully saturated rings. The average molecular weight is 226 g/mol.